The highest BCUT2D eigenvalue weighted by molar-refractivity contribution is 7.91. The standard InChI is InChI=1S/C19H21F2N7O2S/c20-15(21)17-23-12-3-1-2-4-13(12)28(17)19-25-16(14-11-22-5-10-31(14)29)24-18(26-19)27-6-8-30-9-7-27/h1-4,14-15,22H,5-11H2. The van der Waals surface area contributed by atoms with Crippen molar-refractivity contribution in [3.8, 4) is 5.95 Å². The van der Waals surface area contributed by atoms with Crippen molar-refractivity contribution in [1.29, 1.82) is 0 Å². The summed E-state index contributed by atoms with van der Waals surface area (Å²) in [4.78, 5) is 19.7. The quantitative estimate of drug-likeness (QED) is 0.596. The van der Waals surface area contributed by atoms with E-state index in [9.17, 15) is 13.3 Å². The third-order valence-electron chi connectivity index (χ3n) is 5.32. The van der Waals surface area contributed by atoms with Crippen molar-refractivity contribution >= 4 is 28.2 Å². The fourth-order valence-corrected chi connectivity index (χ4v) is 5.04. The molecule has 0 radical (unpaired) electrons. The van der Waals surface area contributed by atoms with Crippen LogP contribution >= 0.6 is 0 Å². The number of imidazole rings is 1. The van der Waals surface area contributed by atoms with Crippen LogP contribution in [0.3, 0.4) is 0 Å². The molecule has 0 bridgehead atoms. The largest absolute Gasteiger partial charge is 0.616 e. The summed E-state index contributed by atoms with van der Waals surface area (Å²) in [7, 11) is 0. The van der Waals surface area contributed by atoms with E-state index in [-0.39, 0.29) is 5.95 Å². The molecule has 0 amide bonds. The van der Waals surface area contributed by atoms with Gasteiger partial charge in [0.05, 0.1) is 30.8 Å². The van der Waals surface area contributed by atoms with Crippen LogP contribution in [-0.4, -0.2) is 74.2 Å². The second-order valence-electron chi connectivity index (χ2n) is 7.27. The van der Waals surface area contributed by atoms with Crippen molar-refractivity contribution in [3.05, 3.63) is 35.9 Å². The van der Waals surface area contributed by atoms with Crippen molar-refractivity contribution in [3.63, 3.8) is 0 Å². The van der Waals surface area contributed by atoms with Crippen LogP contribution in [0.5, 0.6) is 0 Å². The normalized spacial score (nSPS) is 22.4. The zero-order chi connectivity index (χ0) is 21.4. The van der Waals surface area contributed by atoms with Crippen molar-refractivity contribution in [2.45, 2.75) is 11.7 Å². The molecule has 3 aromatic rings. The lowest BCUT2D eigenvalue weighted by Crippen LogP contribution is -2.41. The van der Waals surface area contributed by atoms with Crippen LogP contribution in [0.1, 0.15) is 23.3 Å². The Bertz CT molecular complexity index is 1080. The third kappa shape index (κ3) is 3.95. The van der Waals surface area contributed by atoms with Gasteiger partial charge in [-0.05, 0) is 23.3 Å². The molecule has 2 unspecified atom stereocenters. The number of fused-ring (bicyclic) bond motifs is 1. The number of aromatic nitrogens is 5. The molecular formula is C19H21F2N7O2S. The number of halogens is 2. The van der Waals surface area contributed by atoms with Crippen LogP contribution in [0, 0.1) is 0 Å². The molecule has 0 aliphatic carbocycles. The van der Waals surface area contributed by atoms with Gasteiger partial charge in [-0.25, -0.2) is 13.8 Å². The maximum Gasteiger partial charge on any atom is 0.296 e. The summed E-state index contributed by atoms with van der Waals surface area (Å²) in [5, 5.41) is 2.77. The van der Waals surface area contributed by atoms with E-state index in [4.69, 9.17) is 4.74 Å². The summed E-state index contributed by atoms with van der Waals surface area (Å²) in [6, 6.07) is 6.86. The summed E-state index contributed by atoms with van der Waals surface area (Å²) in [5.41, 5.74) is 0.904. The Hall–Kier alpha value is -2.41. The van der Waals surface area contributed by atoms with Crippen LogP contribution in [-0.2, 0) is 15.9 Å². The number of nitrogens with zero attached hydrogens (tertiary/aromatic N) is 6. The Morgan fingerprint density at radius 3 is 2.65 bits per heavy atom. The lowest BCUT2D eigenvalue weighted by Gasteiger charge is -2.29. The number of hydrogen-bond acceptors (Lipinski definition) is 8. The highest BCUT2D eigenvalue weighted by Gasteiger charge is 2.33. The predicted octanol–water partition coefficient (Wildman–Crippen LogP) is 1.38. The van der Waals surface area contributed by atoms with Crippen LogP contribution in [0.2, 0.25) is 0 Å². The molecule has 5 rings (SSSR count). The van der Waals surface area contributed by atoms with Gasteiger partial charge in [0.25, 0.3) is 6.43 Å². The molecule has 1 aromatic carbocycles. The predicted molar refractivity (Wildman–Crippen MR) is 111 cm³/mol. The van der Waals surface area contributed by atoms with Crippen molar-refractivity contribution in [2.75, 3.05) is 50.0 Å². The number of hydrogen-bond donors (Lipinski definition) is 1. The summed E-state index contributed by atoms with van der Waals surface area (Å²) in [6.45, 7) is 3.28. The Labute approximate surface area is 180 Å². The maximum atomic E-state index is 13.9. The van der Waals surface area contributed by atoms with Gasteiger partial charge in [-0.15, -0.1) is 0 Å². The van der Waals surface area contributed by atoms with Gasteiger partial charge in [0.15, 0.2) is 16.9 Å². The SMILES string of the molecule is [O-][S+]1CCNCC1c1nc(N2CCOCC2)nc(-n2c(C(F)F)nc3ccccc32)n1. The van der Waals surface area contributed by atoms with E-state index in [1.807, 2.05) is 4.90 Å². The fraction of sp³-hybridized carbons (Fsp3) is 0.474. The second kappa shape index (κ2) is 8.61. The molecule has 2 fully saturated rings. The number of benzene rings is 1. The maximum absolute atomic E-state index is 13.9. The Balaban J connectivity index is 1.68. The number of morpholine rings is 1. The number of para-hydroxylation sites is 2. The molecule has 2 saturated heterocycles. The van der Waals surface area contributed by atoms with E-state index < -0.39 is 28.7 Å². The second-order valence-corrected chi connectivity index (χ2v) is 9.00. The smallest absolute Gasteiger partial charge is 0.296 e. The molecular weight excluding hydrogens is 428 g/mol. The molecule has 1 N–H and O–H groups in total. The Morgan fingerprint density at radius 1 is 1.10 bits per heavy atom. The Morgan fingerprint density at radius 2 is 1.87 bits per heavy atom. The molecule has 0 saturated carbocycles. The average Bonchev–Trinajstić information content (AvgIpc) is 3.20. The lowest BCUT2D eigenvalue weighted by atomic mass is 10.3. The van der Waals surface area contributed by atoms with Gasteiger partial charge in [0.1, 0.15) is 5.75 Å². The van der Waals surface area contributed by atoms with Crippen LogP contribution in [0.25, 0.3) is 17.0 Å². The minimum absolute atomic E-state index is 0.0538. The molecule has 4 heterocycles. The first-order valence-electron chi connectivity index (χ1n) is 10.0. The lowest BCUT2D eigenvalue weighted by molar-refractivity contribution is 0.122. The van der Waals surface area contributed by atoms with Crippen LogP contribution in [0.4, 0.5) is 14.7 Å². The van der Waals surface area contributed by atoms with Gasteiger partial charge in [-0.2, -0.15) is 15.0 Å². The summed E-state index contributed by atoms with van der Waals surface area (Å²) >= 11 is -1.17. The van der Waals surface area contributed by atoms with E-state index in [2.05, 4.69) is 25.3 Å². The number of nitrogens with one attached hydrogen (secondary N) is 1. The average molecular weight is 449 g/mol. The highest BCUT2D eigenvalue weighted by Crippen LogP contribution is 2.29. The fourth-order valence-electron chi connectivity index (χ4n) is 3.77. The third-order valence-corrected chi connectivity index (χ3v) is 6.94. The molecule has 31 heavy (non-hydrogen) atoms. The van der Waals surface area contributed by atoms with E-state index in [1.165, 1.54) is 4.57 Å². The number of ether oxygens (including phenoxy) is 1. The zero-order valence-electron chi connectivity index (χ0n) is 16.6. The van der Waals surface area contributed by atoms with Crippen molar-refractivity contribution < 1.29 is 18.1 Å². The first-order chi connectivity index (χ1) is 15.1. The van der Waals surface area contributed by atoms with Gasteiger partial charge in [0.2, 0.25) is 11.9 Å². The molecule has 2 atom stereocenters. The van der Waals surface area contributed by atoms with Gasteiger partial charge >= 0.3 is 0 Å². The topological polar surface area (TPSA) is 104 Å². The van der Waals surface area contributed by atoms with Gasteiger partial charge in [0, 0.05) is 19.6 Å². The minimum atomic E-state index is -2.81. The summed E-state index contributed by atoms with van der Waals surface area (Å²) < 4.78 is 47.1. The summed E-state index contributed by atoms with van der Waals surface area (Å²) in [6.07, 6.45) is -2.81. The molecule has 2 aliphatic rings. The minimum Gasteiger partial charge on any atom is -0.616 e. The monoisotopic (exact) mass is 449 g/mol. The number of anilines is 1. The molecule has 164 valence electrons. The van der Waals surface area contributed by atoms with Crippen molar-refractivity contribution in [2.24, 2.45) is 0 Å². The molecule has 0 spiro atoms. The van der Waals surface area contributed by atoms with E-state index in [1.54, 1.807) is 24.3 Å². The zero-order valence-corrected chi connectivity index (χ0v) is 17.4. The molecule has 2 aromatic heterocycles. The van der Waals surface area contributed by atoms with Crippen molar-refractivity contribution in [1.82, 2.24) is 29.8 Å². The van der Waals surface area contributed by atoms with Gasteiger partial charge < -0.3 is 19.5 Å². The van der Waals surface area contributed by atoms with Crippen LogP contribution < -0.4 is 10.2 Å². The van der Waals surface area contributed by atoms with Gasteiger partial charge in [-0.3, -0.25) is 4.57 Å². The molecule has 2 aliphatic heterocycles. The number of alkyl halides is 2. The molecule has 12 heteroatoms. The number of rotatable bonds is 4. The van der Waals surface area contributed by atoms with E-state index in [0.717, 1.165) is 0 Å². The van der Waals surface area contributed by atoms with Gasteiger partial charge in [-0.1, -0.05) is 12.1 Å². The molecule has 9 nitrogen and oxygen atoms in total. The van der Waals surface area contributed by atoms with E-state index >= 15 is 0 Å². The summed E-state index contributed by atoms with van der Waals surface area (Å²) in [5.74, 6) is 0.792. The van der Waals surface area contributed by atoms with Crippen LogP contribution in [0.15, 0.2) is 24.3 Å². The first kappa shape index (κ1) is 20.5. The Kier molecular flexibility index (Phi) is 5.69. The van der Waals surface area contributed by atoms with E-state index in [0.29, 0.717) is 68.0 Å². The first-order valence-corrected chi connectivity index (χ1v) is 11.4. The highest BCUT2D eigenvalue weighted by atomic mass is 32.2.